The van der Waals surface area contributed by atoms with E-state index in [1.54, 1.807) is 0 Å². The Kier molecular flexibility index (Phi) is 3.64. The summed E-state index contributed by atoms with van der Waals surface area (Å²) in [5, 5.41) is 3.73. The van der Waals surface area contributed by atoms with Crippen molar-refractivity contribution in [1.29, 1.82) is 0 Å². The molecule has 3 nitrogen and oxygen atoms in total. The van der Waals surface area contributed by atoms with Gasteiger partial charge in [-0.2, -0.15) is 5.10 Å². The van der Waals surface area contributed by atoms with Crippen LogP contribution >= 0.6 is 15.9 Å². The number of rotatable bonds is 3. The molecule has 0 aliphatic heterocycles. The zero-order chi connectivity index (χ0) is 9.68. The van der Waals surface area contributed by atoms with Crippen LogP contribution in [0.2, 0.25) is 0 Å². The monoisotopic (exact) mass is 240 g/mol. The first-order chi connectivity index (χ1) is 6.18. The van der Waals surface area contributed by atoms with Crippen LogP contribution in [0, 0.1) is 0 Å². The summed E-state index contributed by atoms with van der Waals surface area (Å²) in [5.41, 5.74) is 3.58. The van der Waals surface area contributed by atoms with Crippen LogP contribution in [0.3, 0.4) is 0 Å². The molecule has 0 aliphatic carbocycles. The number of benzene rings is 1. The third kappa shape index (κ3) is 3.85. The first kappa shape index (κ1) is 9.92. The van der Waals surface area contributed by atoms with Crippen LogP contribution in [0.5, 0.6) is 0 Å². The minimum Gasteiger partial charge on any atom is -0.293 e. The van der Waals surface area contributed by atoms with Gasteiger partial charge in [-0.15, -0.1) is 0 Å². The Morgan fingerprint density at radius 1 is 1.46 bits per heavy atom. The molecule has 0 fully saturated rings. The van der Waals surface area contributed by atoms with Gasteiger partial charge in [0.25, 0.3) is 0 Å². The predicted molar refractivity (Wildman–Crippen MR) is 56.9 cm³/mol. The van der Waals surface area contributed by atoms with E-state index in [-0.39, 0.29) is 5.78 Å². The summed E-state index contributed by atoms with van der Waals surface area (Å²) in [6, 6.07) is 7.51. The van der Waals surface area contributed by atoms with Gasteiger partial charge < -0.3 is 0 Å². The number of nitrogens with zero attached hydrogens (tertiary/aromatic N) is 1. The summed E-state index contributed by atoms with van der Waals surface area (Å²) >= 11 is 3.32. The fourth-order valence-corrected chi connectivity index (χ4v) is 0.986. The highest BCUT2D eigenvalue weighted by Crippen LogP contribution is 2.13. The van der Waals surface area contributed by atoms with Gasteiger partial charge in [0.05, 0.1) is 11.9 Å². The number of hydrazone groups is 1. The number of nitrogens with one attached hydrogen (secondary N) is 1. The third-order valence-corrected chi connectivity index (χ3v) is 1.81. The van der Waals surface area contributed by atoms with Crippen molar-refractivity contribution in [3.8, 4) is 0 Å². The molecule has 1 aromatic carbocycles. The Balaban J connectivity index is 2.55. The molecule has 1 rings (SSSR count). The lowest BCUT2D eigenvalue weighted by Gasteiger charge is -1.98. The van der Waals surface area contributed by atoms with Gasteiger partial charge >= 0.3 is 0 Å². The van der Waals surface area contributed by atoms with Crippen LogP contribution in [0.1, 0.15) is 6.92 Å². The van der Waals surface area contributed by atoms with Gasteiger partial charge in [0.2, 0.25) is 0 Å². The van der Waals surface area contributed by atoms with Gasteiger partial charge in [-0.05, 0) is 24.3 Å². The molecule has 0 spiro atoms. The second-order valence-corrected chi connectivity index (χ2v) is 3.40. The van der Waals surface area contributed by atoms with E-state index in [4.69, 9.17) is 0 Å². The minimum atomic E-state index is -0.0791. The van der Waals surface area contributed by atoms with Crippen LogP contribution in [-0.4, -0.2) is 12.0 Å². The SMILES string of the molecule is CC(=O)/C=N/Nc1ccc(Br)cc1. The maximum atomic E-state index is 10.5. The van der Waals surface area contributed by atoms with E-state index in [1.165, 1.54) is 13.1 Å². The Bertz CT molecular complexity index is 319. The predicted octanol–water partition coefficient (Wildman–Crippen LogP) is 2.44. The number of carbonyl (C=O) groups is 1. The van der Waals surface area contributed by atoms with Gasteiger partial charge in [-0.1, -0.05) is 15.9 Å². The lowest BCUT2D eigenvalue weighted by Crippen LogP contribution is -1.95. The van der Waals surface area contributed by atoms with Gasteiger partial charge in [-0.25, -0.2) is 0 Å². The number of halogens is 1. The van der Waals surface area contributed by atoms with Crippen LogP contribution in [0.4, 0.5) is 5.69 Å². The molecule has 0 radical (unpaired) electrons. The Morgan fingerprint density at radius 3 is 2.62 bits per heavy atom. The molecule has 0 unspecified atom stereocenters. The molecule has 0 heterocycles. The Labute approximate surface area is 85.0 Å². The number of hydrogen-bond donors (Lipinski definition) is 1. The molecule has 4 heteroatoms. The van der Waals surface area contributed by atoms with E-state index < -0.39 is 0 Å². The summed E-state index contributed by atoms with van der Waals surface area (Å²) < 4.78 is 1.01. The second-order valence-electron chi connectivity index (χ2n) is 2.49. The summed E-state index contributed by atoms with van der Waals surface area (Å²) in [6.07, 6.45) is 1.24. The van der Waals surface area contributed by atoms with E-state index in [9.17, 15) is 4.79 Å². The first-order valence-electron chi connectivity index (χ1n) is 3.73. The summed E-state index contributed by atoms with van der Waals surface area (Å²) in [7, 11) is 0. The highest BCUT2D eigenvalue weighted by Gasteiger charge is 1.88. The number of anilines is 1. The molecular weight excluding hydrogens is 232 g/mol. The molecule has 68 valence electrons. The van der Waals surface area contributed by atoms with E-state index in [0.717, 1.165) is 10.2 Å². The van der Waals surface area contributed by atoms with E-state index in [0.29, 0.717) is 0 Å². The van der Waals surface area contributed by atoms with Crippen LogP contribution in [0.25, 0.3) is 0 Å². The lowest BCUT2D eigenvalue weighted by atomic mass is 10.3. The maximum Gasteiger partial charge on any atom is 0.172 e. The van der Waals surface area contributed by atoms with E-state index >= 15 is 0 Å². The topological polar surface area (TPSA) is 41.5 Å². The van der Waals surface area contributed by atoms with Gasteiger partial charge in [-0.3, -0.25) is 10.2 Å². The standard InChI is InChI=1S/C9H9BrN2O/c1-7(13)6-11-12-9-4-2-8(10)3-5-9/h2-6,12H,1H3/b11-6+. The molecule has 0 saturated heterocycles. The smallest absolute Gasteiger partial charge is 0.172 e. The zero-order valence-corrected chi connectivity index (χ0v) is 8.71. The van der Waals surface area contributed by atoms with Crippen molar-refractivity contribution in [2.45, 2.75) is 6.92 Å². The minimum absolute atomic E-state index is 0.0791. The van der Waals surface area contributed by atoms with Gasteiger partial charge in [0.15, 0.2) is 5.78 Å². The van der Waals surface area contributed by atoms with E-state index in [2.05, 4.69) is 26.5 Å². The summed E-state index contributed by atoms with van der Waals surface area (Å²) in [6.45, 7) is 1.45. The van der Waals surface area contributed by atoms with Gasteiger partial charge in [0, 0.05) is 11.4 Å². The van der Waals surface area contributed by atoms with Crippen LogP contribution < -0.4 is 5.43 Å². The molecule has 0 amide bonds. The van der Waals surface area contributed by atoms with Crippen molar-refractivity contribution >= 4 is 33.6 Å². The normalized spacial score (nSPS) is 10.3. The summed E-state index contributed by atoms with van der Waals surface area (Å²) in [4.78, 5) is 10.5. The van der Waals surface area contributed by atoms with Crippen molar-refractivity contribution in [2.24, 2.45) is 5.10 Å². The Morgan fingerprint density at radius 2 is 2.08 bits per heavy atom. The van der Waals surface area contributed by atoms with E-state index in [1.807, 2.05) is 24.3 Å². The first-order valence-corrected chi connectivity index (χ1v) is 4.53. The maximum absolute atomic E-state index is 10.5. The number of carbonyl (C=O) groups excluding carboxylic acids is 1. The Hall–Kier alpha value is -1.16. The molecule has 0 atom stereocenters. The quantitative estimate of drug-likeness (QED) is 0.652. The highest BCUT2D eigenvalue weighted by atomic mass is 79.9. The fourth-order valence-electron chi connectivity index (χ4n) is 0.722. The average Bonchev–Trinajstić information content (AvgIpc) is 2.08. The molecule has 0 aromatic heterocycles. The third-order valence-electron chi connectivity index (χ3n) is 1.28. The summed E-state index contributed by atoms with van der Waals surface area (Å²) in [5.74, 6) is -0.0791. The molecule has 0 saturated carbocycles. The van der Waals surface area contributed by atoms with Gasteiger partial charge in [0.1, 0.15) is 0 Å². The van der Waals surface area contributed by atoms with Crippen molar-refractivity contribution in [1.82, 2.24) is 0 Å². The average molecular weight is 241 g/mol. The van der Waals surface area contributed by atoms with Crippen LogP contribution in [-0.2, 0) is 4.79 Å². The zero-order valence-electron chi connectivity index (χ0n) is 7.12. The lowest BCUT2D eigenvalue weighted by molar-refractivity contribution is -0.110. The number of Topliss-reactive ketones (excluding diaryl/α,β-unsaturated/α-hetero) is 1. The van der Waals surface area contributed by atoms with Crippen molar-refractivity contribution in [3.05, 3.63) is 28.7 Å². The molecule has 13 heavy (non-hydrogen) atoms. The fraction of sp³-hybridized carbons (Fsp3) is 0.111. The van der Waals surface area contributed by atoms with Crippen molar-refractivity contribution in [3.63, 3.8) is 0 Å². The molecule has 0 aliphatic rings. The largest absolute Gasteiger partial charge is 0.293 e. The second kappa shape index (κ2) is 4.77. The van der Waals surface area contributed by atoms with Crippen molar-refractivity contribution < 1.29 is 4.79 Å². The number of hydrogen-bond acceptors (Lipinski definition) is 3. The number of ketones is 1. The van der Waals surface area contributed by atoms with Crippen molar-refractivity contribution in [2.75, 3.05) is 5.43 Å². The highest BCUT2D eigenvalue weighted by molar-refractivity contribution is 9.10. The van der Waals surface area contributed by atoms with Crippen LogP contribution in [0.15, 0.2) is 33.8 Å². The molecular formula is C9H9BrN2O. The molecule has 0 bridgehead atoms. The molecule has 1 aromatic rings. The molecule has 1 N–H and O–H groups in total.